The molecule has 0 bridgehead atoms. The number of carbonyl (C=O) groups excluding carboxylic acids is 1. The normalized spacial score (nSPS) is 19.7. The summed E-state index contributed by atoms with van der Waals surface area (Å²) < 4.78 is 18.3. The van der Waals surface area contributed by atoms with Gasteiger partial charge in [-0.15, -0.1) is 12.4 Å². The third kappa shape index (κ3) is 4.76. The van der Waals surface area contributed by atoms with Crippen molar-refractivity contribution in [3.05, 3.63) is 35.7 Å². The van der Waals surface area contributed by atoms with Gasteiger partial charge in [-0.05, 0) is 18.6 Å². The van der Waals surface area contributed by atoms with Gasteiger partial charge in [-0.25, -0.2) is 4.39 Å². The van der Waals surface area contributed by atoms with E-state index in [1.54, 1.807) is 24.3 Å². The molecule has 0 saturated carbocycles. The summed E-state index contributed by atoms with van der Waals surface area (Å²) in [5, 5.41) is 9.81. The van der Waals surface area contributed by atoms with Gasteiger partial charge in [0.05, 0.1) is 0 Å². The van der Waals surface area contributed by atoms with Gasteiger partial charge in [-0.3, -0.25) is 4.79 Å². The highest BCUT2D eigenvalue weighted by atomic mass is 35.5. The Bertz CT molecular complexity index is 705. The number of rotatable bonds is 5. The number of hydrogen-bond acceptors (Lipinski definition) is 5. The van der Waals surface area contributed by atoms with Crippen molar-refractivity contribution in [3.8, 4) is 11.4 Å². The number of carbonyl (C=O) groups is 1. The molecule has 1 saturated heterocycles. The molecule has 25 heavy (non-hydrogen) atoms. The average Bonchev–Trinajstić information content (AvgIpc) is 3.22. The van der Waals surface area contributed by atoms with Crippen molar-refractivity contribution in [1.29, 1.82) is 0 Å². The summed E-state index contributed by atoms with van der Waals surface area (Å²) >= 11 is 0. The van der Waals surface area contributed by atoms with Crippen LogP contribution in [0.2, 0.25) is 0 Å². The molecule has 6 nitrogen and oxygen atoms in total. The number of alkyl halides is 1. The monoisotopic (exact) mass is 368 g/mol. The Kier molecular flexibility index (Phi) is 6.50. The van der Waals surface area contributed by atoms with Gasteiger partial charge in [0, 0.05) is 36.2 Å². The summed E-state index contributed by atoms with van der Waals surface area (Å²) in [5.41, 5.74) is 1.33. The first kappa shape index (κ1) is 19.3. The molecule has 2 aromatic rings. The fraction of sp³-hybridized carbons (Fsp3) is 0.471. The zero-order chi connectivity index (χ0) is 17.1. The molecular formula is C17H22ClFN4O2. The molecule has 8 heteroatoms. The minimum Gasteiger partial charge on any atom is -0.350 e. The molecule has 1 aliphatic heterocycles. The summed E-state index contributed by atoms with van der Waals surface area (Å²) in [6.45, 7) is 4.74. The quantitative estimate of drug-likeness (QED) is 0.848. The number of nitrogens with one attached hydrogen (secondary N) is 2. The molecule has 0 radical (unpaired) electrons. The van der Waals surface area contributed by atoms with Crippen molar-refractivity contribution in [2.75, 3.05) is 13.1 Å². The van der Waals surface area contributed by atoms with E-state index in [1.807, 2.05) is 13.8 Å². The smallest absolute Gasteiger partial charge is 0.251 e. The lowest BCUT2D eigenvalue weighted by Gasteiger charge is -2.11. The van der Waals surface area contributed by atoms with E-state index in [-0.39, 0.29) is 30.3 Å². The molecule has 1 fully saturated rings. The highest BCUT2D eigenvalue weighted by Crippen LogP contribution is 2.20. The fourth-order valence-corrected chi connectivity index (χ4v) is 2.60. The molecule has 3 rings (SSSR count). The third-order valence-electron chi connectivity index (χ3n) is 4.02. The van der Waals surface area contributed by atoms with Crippen LogP contribution in [0.15, 0.2) is 28.8 Å². The van der Waals surface area contributed by atoms with Crippen LogP contribution < -0.4 is 10.6 Å². The SMILES string of the molecule is CC(C)c1nc(-c2ccc(C(=O)NC[C@@H]3C[C@H](F)CN3)cc2)no1.Cl. The number of amides is 1. The van der Waals surface area contributed by atoms with E-state index in [4.69, 9.17) is 4.52 Å². The van der Waals surface area contributed by atoms with Gasteiger partial charge in [0.25, 0.3) is 5.91 Å². The lowest BCUT2D eigenvalue weighted by Crippen LogP contribution is -2.37. The molecule has 2 atom stereocenters. The molecule has 1 aromatic heterocycles. The van der Waals surface area contributed by atoms with Crippen molar-refractivity contribution < 1.29 is 13.7 Å². The van der Waals surface area contributed by atoms with E-state index >= 15 is 0 Å². The van der Waals surface area contributed by atoms with Gasteiger partial charge in [-0.1, -0.05) is 31.1 Å². The van der Waals surface area contributed by atoms with Gasteiger partial charge in [-0.2, -0.15) is 4.98 Å². The zero-order valence-corrected chi connectivity index (χ0v) is 15.0. The summed E-state index contributed by atoms with van der Waals surface area (Å²) in [6.07, 6.45) is -0.383. The zero-order valence-electron chi connectivity index (χ0n) is 14.2. The van der Waals surface area contributed by atoms with E-state index in [1.165, 1.54) is 0 Å². The van der Waals surface area contributed by atoms with Crippen molar-refractivity contribution >= 4 is 18.3 Å². The molecule has 0 spiro atoms. The standard InChI is InChI=1S/C17H21FN4O2.ClH/c1-10(2)17-21-15(22-24-17)11-3-5-12(6-4-11)16(23)20-9-14-7-13(18)8-19-14;/h3-6,10,13-14,19H,7-9H2,1-2H3,(H,20,23);1H/t13-,14-;/m0./s1. The maximum absolute atomic E-state index is 13.1. The fourth-order valence-electron chi connectivity index (χ4n) is 2.60. The average molecular weight is 369 g/mol. The highest BCUT2D eigenvalue weighted by Gasteiger charge is 2.23. The lowest BCUT2D eigenvalue weighted by molar-refractivity contribution is 0.0950. The van der Waals surface area contributed by atoms with E-state index in [9.17, 15) is 9.18 Å². The predicted molar refractivity (Wildman–Crippen MR) is 94.7 cm³/mol. The van der Waals surface area contributed by atoms with E-state index in [0.29, 0.717) is 36.8 Å². The number of halogens is 2. The second-order valence-corrected chi connectivity index (χ2v) is 6.34. The Morgan fingerprint density at radius 2 is 2.12 bits per heavy atom. The number of hydrogen-bond donors (Lipinski definition) is 2. The third-order valence-corrected chi connectivity index (χ3v) is 4.02. The number of aromatic nitrogens is 2. The van der Waals surface area contributed by atoms with Gasteiger partial charge in [0.15, 0.2) is 0 Å². The minimum atomic E-state index is -0.822. The van der Waals surface area contributed by atoms with Crippen molar-refractivity contribution in [1.82, 2.24) is 20.8 Å². The Morgan fingerprint density at radius 1 is 1.40 bits per heavy atom. The van der Waals surface area contributed by atoms with Crippen LogP contribution in [0, 0.1) is 0 Å². The van der Waals surface area contributed by atoms with Gasteiger partial charge in [0.2, 0.25) is 11.7 Å². The van der Waals surface area contributed by atoms with E-state index < -0.39 is 6.17 Å². The van der Waals surface area contributed by atoms with Crippen LogP contribution >= 0.6 is 12.4 Å². The first-order valence-electron chi connectivity index (χ1n) is 8.12. The summed E-state index contributed by atoms with van der Waals surface area (Å²) in [5.74, 6) is 1.09. The Morgan fingerprint density at radius 3 is 2.68 bits per heavy atom. The first-order chi connectivity index (χ1) is 11.5. The maximum Gasteiger partial charge on any atom is 0.251 e. The minimum absolute atomic E-state index is 0. The molecule has 2 N–H and O–H groups in total. The van der Waals surface area contributed by atoms with Crippen LogP contribution in [0.1, 0.15) is 42.4 Å². The molecular weight excluding hydrogens is 347 g/mol. The summed E-state index contributed by atoms with van der Waals surface area (Å²) in [4.78, 5) is 16.5. The molecule has 136 valence electrons. The summed E-state index contributed by atoms with van der Waals surface area (Å²) in [6, 6.07) is 7.01. The predicted octanol–water partition coefficient (Wildman–Crippen LogP) is 2.71. The van der Waals surface area contributed by atoms with Crippen molar-refractivity contribution in [3.63, 3.8) is 0 Å². The van der Waals surface area contributed by atoms with Gasteiger partial charge < -0.3 is 15.2 Å². The molecule has 2 heterocycles. The maximum atomic E-state index is 13.1. The largest absolute Gasteiger partial charge is 0.350 e. The van der Waals surface area contributed by atoms with E-state index in [0.717, 1.165) is 5.56 Å². The van der Waals surface area contributed by atoms with Crippen LogP contribution in [0.5, 0.6) is 0 Å². The van der Waals surface area contributed by atoms with Crippen molar-refractivity contribution in [2.45, 2.75) is 38.4 Å². The van der Waals surface area contributed by atoms with Crippen molar-refractivity contribution in [2.24, 2.45) is 0 Å². The second kappa shape index (κ2) is 8.40. The lowest BCUT2D eigenvalue weighted by atomic mass is 10.1. The second-order valence-electron chi connectivity index (χ2n) is 6.34. The number of nitrogens with zero attached hydrogens (tertiary/aromatic N) is 2. The Balaban J connectivity index is 0.00000225. The van der Waals surface area contributed by atoms with Crippen LogP contribution in [0.25, 0.3) is 11.4 Å². The highest BCUT2D eigenvalue weighted by molar-refractivity contribution is 5.94. The van der Waals surface area contributed by atoms with Crippen LogP contribution in [-0.2, 0) is 0 Å². The molecule has 1 amide bonds. The van der Waals surface area contributed by atoms with Gasteiger partial charge in [0.1, 0.15) is 6.17 Å². The van der Waals surface area contributed by atoms with Crippen LogP contribution in [-0.4, -0.2) is 41.4 Å². The van der Waals surface area contributed by atoms with Crippen LogP contribution in [0.4, 0.5) is 4.39 Å². The Labute approximate surface area is 152 Å². The number of benzene rings is 1. The summed E-state index contributed by atoms with van der Waals surface area (Å²) in [7, 11) is 0. The molecule has 1 aliphatic rings. The molecule has 0 aliphatic carbocycles. The molecule has 1 aromatic carbocycles. The molecule has 0 unspecified atom stereocenters. The van der Waals surface area contributed by atoms with Gasteiger partial charge >= 0.3 is 0 Å². The first-order valence-corrected chi connectivity index (χ1v) is 8.12. The Hall–Kier alpha value is -1.99. The topological polar surface area (TPSA) is 80.0 Å². The van der Waals surface area contributed by atoms with Crippen LogP contribution in [0.3, 0.4) is 0 Å². The van der Waals surface area contributed by atoms with E-state index in [2.05, 4.69) is 20.8 Å².